The SMILES string of the molecule is COc1ccc(C=C(C(=O)c2ccccc2)N2C=CC=CC2=C(C#N)C#N)cc1OC. The van der Waals surface area contributed by atoms with E-state index in [1.165, 1.54) is 7.11 Å². The summed E-state index contributed by atoms with van der Waals surface area (Å²) < 4.78 is 10.7. The summed E-state index contributed by atoms with van der Waals surface area (Å²) in [6.07, 6.45) is 8.41. The van der Waals surface area contributed by atoms with Crippen molar-refractivity contribution in [3.63, 3.8) is 0 Å². The first-order valence-electron chi connectivity index (χ1n) is 9.35. The van der Waals surface area contributed by atoms with Crippen LogP contribution in [-0.4, -0.2) is 24.9 Å². The van der Waals surface area contributed by atoms with Crippen molar-refractivity contribution in [3.8, 4) is 23.6 Å². The summed E-state index contributed by atoms with van der Waals surface area (Å²) in [7, 11) is 3.08. The molecule has 1 aliphatic heterocycles. The molecular weight excluding hydrogens is 390 g/mol. The van der Waals surface area contributed by atoms with E-state index in [2.05, 4.69) is 0 Å². The molecule has 0 spiro atoms. The average molecular weight is 409 g/mol. The van der Waals surface area contributed by atoms with Gasteiger partial charge >= 0.3 is 0 Å². The van der Waals surface area contributed by atoms with E-state index in [1.807, 2.05) is 18.2 Å². The molecule has 0 aliphatic carbocycles. The number of carbonyl (C=O) groups is 1. The van der Waals surface area contributed by atoms with Crippen LogP contribution >= 0.6 is 0 Å². The van der Waals surface area contributed by atoms with Crippen LogP contribution in [-0.2, 0) is 0 Å². The van der Waals surface area contributed by atoms with E-state index in [1.54, 1.807) is 85.0 Å². The van der Waals surface area contributed by atoms with Crippen LogP contribution in [0.5, 0.6) is 11.5 Å². The molecule has 0 saturated carbocycles. The van der Waals surface area contributed by atoms with E-state index in [-0.39, 0.29) is 17.1 Å². The zero-order valence-electron chi connectivity index (χ0n) is 17.1. The lowest BCUT2D eigenvalue weighted by Crippen LogP contribution is -2.24. The van der Waals surface area contributed by atoms with Gasteiger partial charge in [-0.3, -0.25) is 4.79 Å². The van der Waals surface area contributed by atoms with E-state index in [9.17, 15) is 15.3 Å². The van der Waals surface area contributed by atoms with Crippen LogP contribution < -0.4 is 9.47 Å². The monoisotopic (exact) mass is 409 g/mol. The first-order valence-corrected chi connectivity index (χ1v) is 9.35. The van der Waals surface area contributed by atoms with Crippen molar-refractivity contribution in [1.82, 2.24) is 4.90 Å². The van der Waals surface area contributed by atoms with Gasteiger partial charge in [0.1, 0.15) is 12.1 Å². The van der Waals surface area contributed by atoms with Crippen molar-refractivity contribution in [1.29, 1.82) is 10.5 Å². The number of ether oxygens (including phenoxy) is 2. The molecule has 0 radical (unpaired) electrons. The fourth-order valence-corrected chi connectivity index (χ4v) is 3.08. The van der Waals surface area contributed by atoms with Gasteiger partial charge in [-0.2, -0.15) is 10.5 Å². The summed E-state index contributed by atoms with van der Waals surface area (Å²) in [5.41, 5.74) is 1.67. The second-order valence-corrected chi connectivity index (χ2v) is 6.39. The molecule has 2 aromatic carbocycles. The van der Waals surface area contributed by atoms with E-state index >= 15 is 0 Å². The number of Topliss-reactive ketones (excluding diaryl/α,β-unsaturated/α-hetero) is 1. The minimum Gasteiger partial charge on any atom is -0.493 e. The molecule has 0 aromatic heterocycles. The fraction of sp³-hybridized carbons (Fsp3) is 0.0800. The van der Waals surface area contributed by atoms with Crippen LogP contribution in [0.1, 0.15) is 15.9 Å². The number of methoxy groups -OCH3 is 2. The molecular formula is C25H19N3O3. The number of carbonyl (C=O) groups excluding carboxylic acids is 1. The first-order chi connectivity index (χ1) is 15.1. The van der Waals surface area contributed by atoms with Gasteiger partial charge in [-0.25, -0.2) is 0 Å². The van der Waals surface area contributed by atoms with Gasteiger partial charge in [-0.15, -0.1) is 0 Å². The largest absolute Gasteiger partial charge is 0.493 e. The Morgan fingerprint density at radius 3 is 2.32 bits per heavy atom. The van der Waals surface area contributed by atoms with E-state index in [0.717, 1.165) is 0 Å². The number of rotatable bonds is 6. The van der Waals surface area contributed by atoms with Crippen molar-refractivity contribution >= 4 is 11.9 Å². The van der Waals surface area contributed by atoms with E-state index in [4.69, 9.17) is 9.47 Å². The Labute approximate surface area is 180 Å². The van der Waals surface area contributed by atoms with Crippen LogP contribution in [0, 0.1) is 22.7 Å². The topological polar surface area (TPSA) is 86.4 Å². The molecule has 0 N–H and O–H groups in total. The van der Waals surface area contributed by atoms with Gasteiger partial charge in [0.05, 0.1) is 25.6 Å². The van der Waals surface area contributed by atoms with Gasteiger partial charge in [0, 0.05) is 11.8 Å². The molecule has 0 fully saturated rings. The molecule has 6 heteroatoms. The second-order valence-electron chi connectivity index (χ2n) is 6.39. The van der Waals surface area contributed by atoms with Crippen LogP contribution in [0.3, 0.4) is 0 Å². The van der Waals surface area contributed by atoms with Crippen LogP contribution in [0.25, 0.3) is 6.08 Å². The number of benzene rings is 2. The van der Waals surface area contributed by atoms with E-state index < -0.39 is 0 Å². The van der Waals surface area contributed by atoms with Crippen molar-refractivity contribution in [2.45, 2.75) is 0 Å². The lowest BCUT2D eigenvalue weighted by atomic mass is 10.0. The predicted octanol–water partition coefficient (Wildman–Crippen LogP) is 4.61. The van der Waals surface area contributed by atoms with Gasteiger partial charge in [0.15, 0.2) is 17.1 Å². The number of ketones is 1. The Hall–Kier alpha value is -4.55. The predicted molar refractivity (Wildman–Crippen MR) is 117 cm³/mol. The number of allylic oxidation sites excluding steroid dienone is 5. The molecule has 2 aromatic rings. The standard InChI is InChI=1S/C25H19N3O3/c1-30-23-12-11-18(15-24(23)31-2)14-22(25(29)19-8-4-3-5-9-19)28-13-7-6-10-21(28)20(16-26)17-27/h3-15H,1-2H3. The van der Waals surface area contributed by atoms with Crippen molar-refractivity contribution in [3.05, 3.63) is 101 Å². The number of nitriles is 2. The third kappa shape index (κ3) is 4.55. The molecule has 0 saturated heterocycles. The van der Waals surface area contributed by atoms with Crippen molar-refractivity contribution in [2.75, 3.05) is 14.2 Å². The van der Waals surface area contributed by atoms with Gasteiger partial charge in [0.2, 0.25) is 5.78 Å². The molecule has 31 heavy (non-hydrogen) atoms. The highest BCUT2D eigenvalue weighted by Gasteiger charge is 2.23. The minimum absolute atomic E-state index is 0.0975. The lowest BCUT2D eigenvalue weighted by Gasteiger charge is -2.26. The molecule has 1 heterocycles. The number of nitrogens with zero attached hydrogens (tertiary/aromatic N) is 3. The third-order valence-corrected chi connectivity index (χ3v) is 4.58. The Bertz CT molecular complexity index is 1180. The van der Waals surface area contributed by atoms with Crippen LogP contribution in [0.2, 0.25) is 0 Å². The lowest BCUT2D eigenvalue weighted by molar-refractivity contribution is 0.101. The molecule has 0 unspecified atom stereocenters. The Kier molecular flexibility index (Phi) is 6.67. The Balaban J connectivity index is 2.20. The molecule has 1 aliphatic rings. The zero-order valence-corrected chi connectivity index (χ0v) is 17.1. The van der Waals surface area contributed by atoms with Crippen molar-refractivity contribution < 1.29 is 14.3 Å². The Morgan fingerprint density at radius 1 is 0.968 bits per heavy atom. The summed E-state index contributed by atoms with van der Waals surface area (Å²) in [5.74, 6) is 0.818. The maximum atomic E-state index is 13.5. The highest BCUT2D eigenvalue weighted by atomic mass is 16.5. The summed E-state index contributed by atoms with van der Waals surface area (Å²) in [6.45, 7) is 0. The molecule has 0 bridgehead atoms. The maximum absolute atomic E-state index is 13.5. The summed E-state index contributed by atoms with van der Waals surface area (Å²) in [5, 5.41) is 18.8. The number of hydrogen-bond acceptors (Lipinski definition) is 6. The highest BCUT2D eigenvalue weighted by Crippen LogP contribution is 2.31. The second kappa shape index (κ2) is 9.78. The number of hydrogen-bond donors (Lipinski definition) is 0. The average Bonchev–Trinajstić information content (AvgIpc) is 2.83. The van der Waals surface area contributed by atoms with Gasteiger partial charge < -0.3 is 14.4 Å². The van der Waals surface area contributed by atoms with Gasteiger partial charge in [-0.05, 0) is 35.9 Å². The van der Waals surface area contributed by atoms with Crippen molar-refractivity contribution in [2.24, 2.45) is 0 Å². The normalized spacial score (nSPS) is 12.7. The van der Waals surface area contributed by atoms with Gasteiger partial charge in [-0.1, -0.05) is 42.5 Å². The van der Waals surface area contributed by atoms with E-state index in [0.29, 0.717) is 28.3 Å². The van der Waals surface area contributed by atoms with Gasteiger partial charge in [0.25, 0.3) is 0 Å². The minimum atomic E-state index is -0.261. The summed E-state index contributed by atoms with van der Waals surface area (Å²) >= 11 is 0. The maximum Gasteiger partial charge on any atom is 0.209 e. The molecule has 6 nitrogen and oxygen atoms in total. The smallest absolute Gasteiger partial charge is 0.209 e. The quantitative estimate of drug-likeness (QED) is 0.393. The first kappa shape index (κ1) is 21.2. The third-order valence-electron chi connectivity index (χ3n) is 4.58. The van der Waals surface area contributed by atoms with Crippen LogP contribution in [0.4, 0.5) is 0 Å². The molecule has 0 amide bonds. The molecule has 3 rings (SSSR count). The molecule has 152 valence electrons. The summed E-state index contributed by atoms with van der Waals surface area (Å²) in [6, 6.07) is 17.9. The highest BCUT2D eigenvalue weighted by molar-refractivity contribution is 6.11. The fourth-order valence-electron chi connectivity index (χ4n) is 3.08. The molecule has 0 atom stereocenters. The van der Waals surface area contributed by atoms with Crippen LogP contribution in [0.15, 0.2) is 89.9 Å². The summed E-state index contributed by atoms with van der Waals surface area (Å²) in [4.78, 5) is 15.0. The Morgan fingerprint density at radius 2 is 1.68 bits per heavy atom. The zero-order chi connectivity index (χ0) is 22.2.